The molecule has 30 heavy (non-hydrogen) atoms. The normalized spacial score (nSPS) is 21.6. The third-order valence-corrected chi connectivity index (χ3v) is 6.46. The predicted molar refractivity (Wildman–Crippen MR) is 109 cm³/mol. The van der Waals surface area contributed by atoms with Crippen LogP contribution in [0.15, 0.2) is 28.8 Å². The average molecular weight is 413 g/mol. The standard InChI is InChI=1S/C23H28FN3O3/c1-15-20(16(2)30-25-15)9-10-22(28)26-13-18-6-4-8-23(29)27(21(18)14-26)12-17-5-3-7-19(24)11-17/h3,5,7,11,18,21H,4,6,8-10,12-14H2,1-2H3/t18-,21+/m1/s1. The van der Waals surface area contributed by atoms with E-state index >= 15 is 0 Å². The molecule has 1 aromatic carbocycles. The van der Waals surface area contributed by atoms with Crippen LogP contribution in [-0.4, -0.2) is 45.9 Å². The van der Waals surface area contributed by atoms with Gasteiger partial charge >= 0.3 is 0 Å². The molecule has 2 aliphatic heterocycles. The van der Waals surface area contributed by atoms with Gasteiger partial charge in [-0.05, 0) is 56.7 Å². The molecule has 0 spiro atoms. The number of rotatable bonds is 5. The van der Waals surface area contributed by atoms with Gasteiger partial charge in [-0.3, -0.25) is 9.59 Å². The van der Waals surface area contributed by atoms with Gasteiger partial charge in [0.05, 0.1) is 11.7 Å². The smallest absolute Gasteiger partial charge is 0.223 e. The van der Waals surface area contributed by atoms with Crippen molar-refractivity contribution in [2.75, 3.05) is 13.1 Å². The highest BCUT2D eigenvalue weighted by Gasteiger charge is 2.41. The molecule has 0 aliphatic carbocycles. The molecule has 6 nitrogen and oxygen atoms in total. The van der Waals surface area contributed by atoms with E-state index < -0.39 is 0 Å². The van der Waals surface area contributed by atoms with Gasteiger partial charge in [-0.25, -0.2) is 4.39 Å². The summed E-state index contributed by atoms with van der Waals surface area (Å²) in [7, 11) is 0. The Morgan fingerprint density at radius 3 is 2.87 bits per heavy atom. The third-order valence-electron chi connectivity index (χ3n) is 6.46. The second-order valence-electron chi connectivity index (χ2n) is 8.47. The molecule has 4 rings (SSSR count). The first kappa shape index (κ1) is 20.6. The predicted octanol–water partition coefficient (Wildman–Crippen LogP) is 3.40. The minimum Gasteiger partial charge on any atom is -0.361 e. The summed E-state index contributed by atoms with van der Waals surface area (Å²) in [5.74, 6) is 0.929. The lowest BCUT2D eigenvalue weighted by atomic mass is 9.98. The van der Waals surface area contributed by atoms with Crippen LogP contribution in [-0.2, 0) is 22.6 Å². The number of aryl methyl sites for hydroxylation is 2. The molecule has 2 amide bonds. The topological polar surface area (TPSA) is 66.7 Å². The maximum atomic E-state index is 13.6. The highest BCUT2D eigenvalue weighted by atomic mass is 19.1. The van der Waals surface area contributed by atoms with E-state index in [0.29, 0.717) is 38.9 Å². The summed E-state index contributed by atoms with van der Waals surface area (Å²) in [6, 6.07) is 6.40. The number of fused-ring (bicyclic) bond motifs is 1. The SMILES string of the molecule is Cc1noc(C)c1CCC(=O)N1C[C@H]2CCCC(=O)N(Cc3cccc(F)c3)[C@H]2C1. The van der Waals surface area contributed by atoms with Crippen molar-refractivity contribution < 1.29 is 18.5 Å². The minimum absolute atomic E-state index is 0.00807. The summed E-state index contributed by atoms with van der Waals surface area (Å²) in [4.78, 5) is 29.5. The lowest BCUT2D eigenvalue weighted by Gasteiger charge is -2.30. The Morgan fingerprint density at radius 1 is 1.30 bits per heavy atom. The molecule has 0 saturated carbocycles. The van der Waals surface area contributed by atoms with Gasteiger partial charge in [0.25, 0.3) is 0 Å². The van der Waals surface area contributed by atoms with Crippen LogP contribution in [0.5, 0.6) is 0 Å². The summed E-state index contributed by atoms with van der Waals surface area (Å²) >= 11 is 0. The molecule has 0 unspecified atom stereocenters. The van der Waals surface area contributed by atoms with Crippen LogP contribution in [0.4, 0.5) is 4.39 Å². The zero-order chi connectivity index (χ0) is 21.3. The molecule has 0 radical (unpaired) electrons. The molecule has 2 fully saturated rings. The number of carbonyl (C=O) groups is 2. The van der Waals surface area contributed by atoms with Crippen molar-refractivity contribution in [1.29, 1.82) is 0 Å². The van der Waals surface area contributed by atoms with Gasteiger partial charge in [0.1, 0.15) is 11.6 Å². The highest BCUT2D eigenvalue weighted by Crippen LogP contribution is 2.32. The van der Waals surface area contributed by atoms with Gasteiger partial charge in [0, 0.05) is 38.0 Å². The largest absolute Gasteiger partial charge is 0.361 e. The summed E-state index contributed by atoms with van der Waals surface area (Å²) < 4.78 is 18.8. The summed E-state index contributed by atoms with van der Waals surface area (Å²) in [6.45, 7) is 5.37. The summed E-state index contributed by atoms with van der Waals surface area (Å²) in [5, 5.41) is 3.95. The van der Waals surface area contributed by atoms with Crippen molar-refractivity contribution in [3.05, 3.63) is 52.7 Å². The van der Waals surface area contributed by atoms with Gasteiger partial charge in [-0.2, -0.15) is 0 Å². The Kier molecular flexibility index (Phi) is 5.88. The van der Waals surface area contributed by atoms with Gasteiger partial charge in [0.2, 0.25) is 11.8 Å². The zero-order valence-corrected chi connectivity index (χ0v) is 17.6. The number of benzene rings is 1. The van der Waals surface area contributed by atoms with Crippen LogP contribution < -0.4 is 0 Å². The first-order valence-electron chi connectivity index (χ1n) is 10.7. The van der Waals surface area contributed by atoms with E-state index in [-0.39, 0.29) is 29.6 Å². The molecular formula is C23H28FN3O3. The Labute approximate surface area is 176 Å². The molecule has 1 aromatic heterocycles. The first-order chi connectivity index (χ1) is 14.4. The Morgan fingerprint density at radius 2 is 2.13 bits per heavy atom. The van der Waals surface area contributed by atoms with Gasteiger partial charge < -0.3 is 14.3 Å². The Bertz CT molecular complexity index is 922. The molecular weight excluding hydrogens is 385 g/mol. The quantitative estimate of drug-likeness (QED) is 0.754. The number of carbonyl (C=O) groups excluding carboxylic acids is 2. The molecule has 2 atom stereocenters. The number of hydrogen-bond acceptors (Lipinski definition) is 4. The minimum atomic E-state index is -0.297. The van der Waals surface area contributed by atoms with Crippen molar-refractivity contribution in [1.82, 2.24) is 15.0 Å². The van der Waals surface area contributed by atoms with Crippen molar-refractivity contribution in [3.63, 3.8) is 0 Å². The van der Waals surface area contributed by atoms with Gasteiger partial charge in [-0.15, -0.1) is 0 Å². The lowest BCUT2D eigenvalue weighted by Crippen LogP contribution is -2.43. The third kappa shape index (κ3) is 4.25. The fourth-order valence-corrected chi connectivity index (χ4v) is 4.82. The fourth-order valence-electron chi connectivity index (χ4n) is 4.82. The lowest BCUT2D eigenvalue weighted by molar-refractivity contribution is -0.135. The van der Waals surface area contributed by atoms with E-state index in [1.165, 1.54) is 12.1 Å². The van der Waals surface area contributed by atoms with Crippen LogP contribution in [0.2, 0.25) is 0 Å². The number of aromatic nitrogens is 1. The Balaban J connectivity index is 1.44. The fraction of sp³-hybridized carbons (Fsp3) is 0.522. The maximum Gasteiger partial charge on any atom is 0.223 e. The van der Waals surface area contributed by atoms with Crippen LogP contribution in [0.25, 0.3) is 0 Å². The summed E-state index contributed by atoms with van der Waals surface area (Å²) in [5.41, 5.74) is 2.62. The zero-order valence-electron chi connectivity index (χ0n) is 17.6. The van der Waals surface area contributed by atoms with Crippen molar-refractivity contribution >= 4 is 11.8 Å². The van der Waals surface area contributed by atoms with Crippen molar-refractivity contribution in [2.45, 2.75) is 58.5 Å². The maximum absolute atomic E-state index is 13.6. The van der Waals surface area contributed by atoms with Crippen molar-refractivity contribution in [2.24, 2.45) is 5.92 Å². The molecule has 0 bridgehead atoms. The molecule has 3 heterocycles. The summed E-state index contributed by atoms with van der Waals surface area (Å²) in [6.07, 6.45) is 3.30. The van der Waals surface area contributed by atoms with E-state index in [1.54, 1.807) is 6.07 Å². The molecule has 160 valence electrons. The number of hydrogen-bond donors (Lipinski definition) is 0. The van der Waals surface area contributed by atoms with E-state index in [4.69, 9.17) is 4.52 Å². The molecule has 7 heteroatoms. The van der Waals surface area contributed by atoms with Crippen LogP contribution in [0.3, 0.4) is 0 Å². The van der Waals surface area contributed by atoms with E-state index in [0.717, 1.165) is 35.4 Å². The first-order valence-corrected chi connectivity index (χ1v) is 10.7. The average Bonchev–Trinajstić information content (AvgIpc) is 3.24. The van der Waals surface area contributed by atoms with Gasteiger partial charge in [-0.1, -0.05) is 17.3 Å². The van der Waals surface area contributed by atoms with E-state index in [1.807, 2.05) is 29.7 Å². The number of nitrogens with zero attached hydrogens (tertiary/aromatic N) is 3. The van der Waals surface area contributed by atoms with E-state index in [9.17, 15) is 14.0 Å². The van der Waals surface area contributed by atoms with Crippen molar-refractivity contribution in [3.8, 4) is 0 Å². The second-order valence-corrected chi connectivity index (χ2v) is 8.47. The van der Waals surface area contributed by atoms with Crippen LogP contribution >= 0.6 is 0 Å². The molecule has 0 N–H and O–H groups in total. The number of likely N-dealkylation sites (tertiary alicyclic amines) is 2. The highest BCUT2D eigenvalue weighted by molar-refractivity contribution is 5.79. The van der Waals surface area contributed by atoms with Gasteiger partial charge in [0.15, 0.2) is 0 Å². The molecule has 2 aromatic rings. The monoisotopic (exact) mass is 413 g/mol. The number of halogens is 1. The number of amides is 2. The molecule has 2 saturated heterocycles. The van der Waals surface area contributed by atoms with Crippen LogP contribution in [0.1, 0.15) is 48.3 Å². The Hall–Kier alpha value is -2.70. The van der Waals surface area contributed by atoms with Crippen LogP contribution in [0, 0.1) is 25.6 Å². The van der Waals surface area contributed by atoms with E-state index in [2.05, 4.69) is 5.16 Å². The molecule has 2 aliphatic rings. The second kappa shape index (κ2) is 8.58.